The highest BCUT2D eigenvalue weighted by Gasteiger charge is 2.16. The zero-order chi connectivity index (χ0) is 13.5. The second kappa shape index (κ2) is 7.24. The van der Waals surface area contributed by atoms with Gasteiger partial charge in [0, 0.05) is 6.42 Å². The Labute approximate surface area is 112 Å². The number of carboxylic acid groups (broad SMARTS) is 1. The van der Waals surface area contributed by atoms with Crippen LogP contribution in [0.1, 0.15) is 19.8 Å². The molecular weight excluding hydrogens is 254 g/mol. The predicted octanol–water partition coefficient (Wildman–Crippen LogP) is 2.55. The lowest BCUT2D eigenvalue weighted by atomic mass is 9.99. The van der Waals surface area contributed by atoms with Crippen molar-refractivity contribution in [2.24, 2.45) is 11.7 Å². The summed E-state index contributed by atoms with van der Waals surface area (Å²) in [6, 6.07) is 7.20. The third-order valence-corrected chi connectivity index (χ3v) is 2.94. The minimum Gasteiger partial charge on any atom is -0.489 e. The number of hydrogen-bond donors (Lipinski definition) is 2. The average molecular weight is 272 g/mol. The van der Waals surface area contributed by atoms with Crippen LogP contribution >= 0.6 is 11.6 Å². The van der Waals surface area contributed by atoms with E-state index in [4.69, 9.17) is 27.2 Å². The molecule has 5 heteroatoms. The first-order chi connectivity index (χ1) is 8.52. The van der Waals surface area contributed by atoms with Gasteiger partial charge in [0.15, 0.2) is 0 Å². The Bertz CT molecular complexity index is 398. The molecule has 0 aliphatic heterocycles. The maximum absolute atomic E-state index is 10.6. The summed E-state index contributed by atoms with van der Waals surface area (Å²) in [4.78, 5) is 10.6. The molecule has 3 N–H and O–H groups in total. The van der Waals surface area contributed by atoms with Crippen LogP contribution in [0.4, 0.5) is 0 Å². The molecular formula is C13H18ClNO3. The van der Waals surface area contributed by atoms with E-state index in [2.05, 4.69) is 0 Å². The van der Waals surface area contributed by atoms with Crippen molar-refractivity contribution in [3.63, 3.8) is 0 Å². The first-order valence-electron chi connectivity index (χ1n) is 5.86. The molecule has 0 aromatic heterocycles. The topological polar surface area (TPSA) is 72.6 Å². The number of hydrogen-bond acceptors (Lipinski definition) is 3. The van der Waals surface area contributed by atoms with Crippen LogP contribution in [0, 0.1) is 5.92 Å². The lowest BCUT2D eigenvalue weighted by Crippen LogP contribution is -2.25. The van der Waals surface area contributed by atoms with E-state index in [0.29, 0.717) is 23.7 Å². The van der Waals surface area contributed by atoms with Gasteiger partial charge in [0.05, 0.1) is 11.1 Å². The number of rotatable bonds is 7. The van der Waals surface area contributed by atoms with Crippen LogP contribution in [-0.4, -0.2) is 23.7 Å². The van der Waals surface area contributed by atoms with Crippen molar-refractivity contribution >= 4 is 17.6 Å². The molecule has 0 saturated carbocycles. The van der Waals surface area contributed by atoms with Crippen LogP contribution in [0.25, 0.3) is 0 Å². The number of halogens is 1. The zero-order valence-electron chi connectivity index (χ0n) is 10.3. The van der Waals surface area contributed by atoms with Gasteiger partial charge in [-0.2, -0.15) is 0 Å². The highest BCUT2D eigenvalue weighted by atomic mass is 35.5. The van der Waals surface area contributed by atoms with Crippen molar-refractivity contribution in [1.82, 2.24) is 0 Å². The zero-order valence-corrected chi connectivity index (χ0v) is 11.1. The molecule has 0 saturated heterocycles. The standard InChI is InChI=1S/C13H18ClNO3/c1-9(6-10(8-15)7-13(16)17)18-12-5-3-2-4-11(12)14/h2-5,9-10H,6-8,15H2,1H3,(H,16,17). The first kappa shape index (κ1) is 14.8. The van der Waals surface area contributed by atoms with Crippen LogP contribution < -0.4 is 10.5 Å². The van der Waals surface area contributed by atoms with Crippen LogP contribution in [-0.2, 0) is 4.79 Å². The van der Waals surface area contributed by atoms with Crippen molar-refractivity contribution in [1.29, 1.82) is 0 Å². The Kier molecular flexibility index (Phi) is 5.95. The van der Waals surface area contributed by atoms with Crippen molar-refractivity contribution in [3.05, 3.63) is 29.3 Å². The molecule has 0 bridgehead atoms. The van der Waals surface area contributed by atoms with E-state index < -0.39 is 5.97 Å². The monoisotopic (exact) mass is 271 g/mol. The number of nitrogens with two attached hydrogens (primary N) is 1. The molecule has 0 aliphatic rings. The lowest BCUT2D eigenvalue weighted by Gasteiger charge is -2.20. The quantitative estimate of drug-likeness (QED) is 0.799. The van der Waals surface area contributed by atoms with Gasteiger partial charge in [-0.05, 0) is 37.9 Å². The largest absolute Gasteiger partial charge is 0.489 e. The molecule has 1 aromatic rings. The number of carboxylic acids is 1. The summed E-state index contributed by atoms with van der Waals surface area (Å²) in [5, 5.41) is 9.29. The molecule has 2 atom stereocenters. The molecule has 0 spiro atoms. The van der Waals surface area contributed by atoms with E-state index in [1.54, 1.807) is 12.1 Å². The maximum atomic E-state index is 10.6. The van der Waals surface area contributed by atoms with Gasteiger partial charge in [-0.1, -0.05) is 23.7 Å². The van der Waals surface area contributed by atoms with Gasteiger partial charge in [0.1, 0.15) is 5.75 Å². The predicted molar refractivity (Wildman–Crippen MR) is 71.0 cm³/mol. The molecule has 0 fully saturated rings. The molecule has 1 aromatic carbocycles. The molecule has 0 heterocycles. The minimum atomic E-state index is -0.838. The van der Waals surface area contributed by atoms with Gasteiger partial charge in [-0.25, -0.2) is 0 Å². The lowest BCUT2D eigenvalue weighted by molar-refractivity contribution is -0.138. The van der Waals surface area contributed by atoms with Gasteiger partial charge in [-0.15, -0.1) is 0 Å². The first-order valence-corrected chi connectivity index (χ1v) is 6.23. The Morgan fingerprint density at radius 2 is 2.17 bits per heavy atom. The molecule has 4 nitrogen and oxygen atoms in total. The number of benzene rings is 1. The van der Waals surface area contributed by atoms with Gasteiger partial charge >= 0.3 is 5.97 Å². The molecule has 0 aliphatic carbocycles. The normalized spacial score (nSPS) is 13.9. The molecule has 18 heavy (non-hydrogen) atoms. The second-order valence-electron chi connectivity index (χ2n) is 4.29. The summed E-state index contributed by atoms with van der Waals surface area (Å²) >= 11 is 5.98. The summed E-state index contributed by atoms with van der Waals surface area (Å²) in [5.41, 5.74) is 5.55. The van der Waals surface area contributed by atoms with Crippen LogP contribution in [0.5, 0.6) is 5.75 Å². The van der Waals surface area contributed by atoms with E-state index in [1.165, 1.54) is 0 Å². The maximum Gasteiger partial charge on any atom is 0.303 e. The molecule has 1 rings (SSSR count). The van der Waals surface area contributed by atoms with Gasteiger partial charge in [0.25, 0.3) is 0 Å². The van der Waals surface area contributed by atoms with E-state index in [9.17, 15) is 4.79 Å². The fraction of sp³-hybridized carbons (Fsp3) is 0.462. The Morgan fingerprint density at radius 3 is 2.72 bits per heavy atom. The second-order valence-corrected chi connectivity index (χ2v) is 4.70. The SMILES string of the molecule is CC(CC(CN)CC(=O)O)Oc1ccccc1Cl. The van der Waals surface area contributed by atoms with E-state index in [1.807, 2.05) is 19.1 Å². The fourth-order valence-corrected chi connectivity index (χ4v) is 1.96. The highest BCUT2D eigenvalue weighted by molar-refractivity contribution is 6.32. The Balaban J connectivity index is 2.52. The summed E-state index contributed by atoms with van der Waals surface area (Å²) in [7, 11) is 0. The summed E-state index contributed by atoms with van der Waals surface area (Å²) in [6.07, 6.45) is 0.526. The average Bonchev–Trinajstić information content (AvgIpc) is 2.30. The van der Waals surface area contributed by atoms with Crippen molar-refractivity contribution in [2.75, 3.05) is 6.54 Å². The van der Waals surface area contributed by atoms with Gasteiger partial charge in [-0.3, -0.25) is 4.79 Å². The summed E-state index contributed by atoms with van der Waals surface area (Å²) in [5.74, 6) is -0.312. The summed E-state index contributed by atoms with van der Waals surface area (Å²) < 4.78 is 5.68. The van der Waals surface area contributed by atoms with E-state index in [-0.39, 0.29) is 18.4 Å². The minimum absolute atomic E-state index is 0.0622. The fourth-order valence-electron chi connectivity index (χ4n) is 1.78. The Hall–Kier alpha value is -1.26. The smallest absolute Gasteiger partial charge is 0.303 e. The third kappa shape index (κ3) is 4.94. The third-order valence-electron chi connectivity index (χ3n) is 2.63. The Morgan fingerprint density at radius 1 is 1.50 bits per heavy atom. The molecule has 0 radical (unpaired) electrons. The number of aliphatic carboxylic acids is 1. The summed E-state index contributed by atoms with van der Waals surface area (Å²) in [6.45, 7) is 2.22. The molecule has 100 valence electrons. The molecule has 0 amide bonds. The number of ether oxygens (including phenoxy) is 1. The van der Waals surface area contributed by atoms with Gasteiger partial charge in [0.2, 0.25) is 0 Å². The van der Waals surface area contributed by atoms with E-state index >= 15 is 0 Å². The molecule has 2 unspecified atom stereocenters. The van der Waals surface area contributed by atoms with Gasteiger partial charge < -0.3 is 15.6 Å². The highest BCUT2D eigenvalue weighted by Crippen LogP contribution is 2.25. The van der Waals surface area contributed by atoms with Crippen molar-refractivity contribution in [2.45, 2.75) is 25.9 Å². The van der Waals surface area contributed by atoms with E-state index in [0.717, 1.165) is 0 Å². The van der Waals surface area contributed by atoms with Crippen molar-refractivity contribution < 1.29 is 14.6 Å². The van der Waals surface area contributed by atoms with Crippen LogP contribution in [0.15, 0.2) is 24.3 Å². The van der Waals surface area contributed by atoms with Crippen molar-refractivity contribution in [3.8, 4) is 5.75 Å². The van der Waals surface area contributed by atoms with Crippen LogP contribution in [0.3, 0.4) is 0 Å². The number of carbonyl (C=O) groups is 1. The number of para-hydroxylation sites is 1. The van der Waals surface area contributed by atoms with Crippen LogP contribution in [0.2, 0.25) is 5.02 Å².